The van der Waals surface area contributed by atoms with Crippen LogP contribution >= 0.6 is 0 Å². The van der Waals surface area contributed by atoms with Crippen molar-refractivity contribution in [3.05, 3.63) is 76.2 Å². The Morgan fingerprint density at radius 3 is 2.71 bits per heavy atom. The first-order valence-electron chi connectivity index (χ1n) is 11.9. The van der Waals surface area contributed by atoms with Crippen molar-refractivity contribution in [2.45, 2.75) is 32.9 Å². The molecule has 1 fully saturated rings. The first-order valence-corrected chi connectivity index (χ1v) is 11.9. The van der Waals surface area contributed by atoms with E-state index in [1.807, 2.05) is 35.8 Å². The van der Waals surface area contributed by atoms with E-state index in [0.717, 1.165) is 42.3 Å². The van der Waals surface area contributed by atoms with E-state index in [-0.39, 0.29) is 11.5 Å². The third kappa shape index (κ3) is 4.12. The van der Waals surface area contributed by atoms with Crippen molar-refractivity contribution < 1.29 is 4.79 Å². The lowest BCUT2D eigenvalue weighted by Crippen LogP contribution is -2.36. The Kier molecular flexibility index (Phi) is 5.96. The summed E-state index contributed by atoms with van der Waals surface area (Å²) in [4.78, 5) is 28.6. The molecule has 2 atom stereocenters. The van der Waals surface area contributed by atoms with Gasteiger partial charge < -0.3 is 9.88 Å². The number of nitrogens with one attached hydrogen (secondary N) is 1. The van der Waals surface area contributed by atoms with Gasteiger partial charge >= 0.3 is 0 Å². The minimum atomic E-state index is -0.512. The van der Waals surface area contributed by atoms with Crippen LogP contribution in [0.1, 0.15) is 30.5 Å². The maximum absolute atomic E-state index is 13.2. The van der Waals surface area contributed by atoms with Crippen LogP contribution in [0.2, 0.25) is 0 Å². The van der Waals surface area contributed by atoms with Gasteiger partial charge in [-0.2, -0.15) is 5.10 Å². The highest BCUT2D eigenvalue weighted by molar-refractivity contribution is 6.08. The van der Waals surface area contributed by atoms with Gasteiger partial charge in [0, 0.05) is 37.5 Å². The quantitative estimate of drug-likeness (QED) is 0.482. The van der Waals surface area contributed by atoms with E-state index in [0.29, 0.717) is 18.0 Å². The smallest absolute Gasteiger partial charge is 0.291 e. The Labute approximate surface area is 199 Å². The fraction of sp³-hybridized carbons (Fsp3) is 0.370. The van der Waals surface area contributed by atoms with E-state index in [1.165, 1.54) is 15.8 Å². The second kappa shape index (κ2) is 9.06. The number of benzene rings is 2. The fourth-order valence-electron chi connectivity index (χ4n) is 5.08. The van der Waals surface area contributed by atoms with Crippen LogP contribution in [0, 0.1) is 12.8 Å². The molecule has 34 heavy (non-hydrogen) atoms. The summed E-state index contributed by atoms with van der Waals surface area (Å²) in [6.07, 6.45) is 2.78. The molecule has 7 nitrogen and oxygen atoms in total. The van der Waals surface area contributed by atoms with Crippen molar-refractivity contribution in [3.63, 3.8) is 0 Å². The Bertz CT molecular complexity index is 1400. The molecule has 176 valence electrons. The topological polar surface area (TPSA) is 72.2 Å². The van der Waals surface area contributed by atoms with Crippen LogP contribution in [0.3, 0.4) is 0 Å². The summed E-state index contributed by atoms with van der Waals surface area (Å²) >= 11 is 0. The summed E-state index contributed by atoms with van der Waals surface area (Å²) in [5.74, 6) is 0.357. The summed E-state index contributed by atoms with van der Waals surface area (Å²) in [6, 6.07) is 16.0. The average molecular weight is 458 g/mol. The lowest BCUT2D eigenvalue weighted by molar-refractivity contribution is -0.123. The molecular formula is C27H31N5O2. The number of amides is 1. The summed E-state index contributed by atoms with van der Waals surface area (Å²) in [5.41, 5.74) is 3.79. The van der Waals surface area contributed by atoms with Gasteiger partial charge in [0.05, 0.1) is 11.7 Å². The number of aryl methyl sites for hydroxylation is 2. The molecule has 2 aromatic carbocycles. The molecule has 0 radical (unpaired) electrons. The van der Waals surface area contributed by atoms with Crippen molar-refractivity contribution in [2.24, 2.45) is 13.0 Å². The van der Waals surface area contributed by atoms with Gasteiger partial charge in [-0.1, -0.05) is 48.0 Å². The monoisotopic (exact) mass is 457 g/mol. The normalized spacial score (nSPS) is 17.4. The number of para-hydroxylation sites is 1. The number of carbonyl (C=O) groups is 1. The van der Waals surface area contributed by atoms with Gasteiger partial charge in [0.25, 0.3) is 5.56 Å². The van der Waals surface area contributed by atoms with Crippen LogP contribution in [-0.4, -0.2) is 44.8 Å². The number of fused-ring (bicyclic) bond motifs is 3. The number of rotatable bonds is 6. The molecule has 1 aliphatic heterocycles. The molecular weight excluding hydrogens is 426 g/mol. The molecule has 0 saturated carbocycles. The minimum Gasteiger partial charge on any atom is -0.354 e. The van der Waals surface area contributed by atoms with E-state index in [2.05, 4.69) is 46.5 Å². The second-order valence-electron chi connectivity index (χ2n) is 9.52. The van der Waals surface area contributed by atoms with Gasteiger partial charge in [-0.15, -0.1) is 0 Å². The number of hydrogen-bond donors (Lipinski definition) is 1. The Hall–Kier alpha value is -3.45. The highest BCUT2D eigenvalue weighted by Crippen LogP contribution is 2.29. The van der Waals surface area contributed by atoms with Gasteiger partial charge in [0.2, 0.25) is 5.91 Å². The van der Waals surface area contributed by atoms with Gasteiger partial charge in [0.1, 0.15) is 11.6 Å². The molecule has 1 saturated heterocycles. The molecule has 0 bridgehead atoms. The Balaban J connectivity index is 1.29. The first-order chi connectivity index (χ1) is 16.4. The largest absolute Gasteiger partial charge is 0.354 e. The van der Waals surface area contributed by atoms with Gasteiger partial charge in [-0.25, -0.2) is 4.68 Å². The van der Waals surface area contributed by atoms with E-state index in [1.54, 1.807) is 13.2 Å². The molecule has 3 heterocycles. The molecule has 1 N–H and O–H groups in total. The fourth-order valence-corrected chi connectivity index (χ4v) is 5.08. The first kappa shape index (κ1) is 22.3. The Morgan fingerprint density at radius 2 is 1.91 bits per heavy atom. The predicted octanol–water partition coefficient (Wildman–Crippen LogP) is 3.40. The minimum absolute atomic E-state index is 0.0708. The third-order valence-corrected chi connectivity index (χ3v) is 7.03. The number of hydrogen-bond acceptors (Lipinski definition) is 4. The van der Waals surface area contributed by atoms with Crippen molar-refractivity contribution in [1.82, 2.24) is 24.6 Å². The lowest BCUT2D eigenvalue weighted by Gasteiger charge is -2.19. The summed E-state index contributed by atoms with van der Waals surface area (Å²) < 4.78 is 3.19. The van der Waals surface area contributed by atoms with Crippen LogP contribution in [0.15, 0.2) is 59.5 Å². The molecule has 0 spiro atoms. The van der Waals surface area contributed by atoms with Gasteiger partial charge in [-0.3, -0.25) is 14.5 Å². The number of likely N-dealkylation sites (tertiary alicyclic amines) is 1. The average Bonchev–Trinajstić information content (AvgIpc) is 3.43. The molecule has 7 heteroatoms. The maximum Gasteiger partial charge on any atom is 0.291 e. The molecule has 2 unspecified atom stereocenters. The van der Waals surface area contributed by atoms with Crippen molar-refractivity contribution in [3.8, 4) is 0 Å². The molecule has 0 aliphatic carbocycles. The highest BCUT2D eigenvalue weighted by Gasteiger charge is 2.26. The van der Waals surface area contributed by atoms with E-state index >= 15 is 0 Å². The molecule has 4 aromatic rings. The predicted molar refractivity (Wildman–Crippen MR) is 135 cm³/mol. The van der Waals surface area contributed by atoms with Crippen LogP contribution in [0.25, 0.3) is 21.8 Å². The number of aromatic nitrogens is 3. The van der Waals surface area contributed by atoms with Crippen LogP contribution in [0.4, 0.5) is 0 Å². The standard InChI is InChI=1S/C27H31N5O2/c1-18-8-10-20(11-9-18)16-31-13-12-21(17-31)14-28-26(33)19(2)32-24-7-5-4-6-22(24)23-15-29-30(3)27(34)25(23)32/h4-11,15,19,21H,12-14,16-17H2,1-3H3,(H,28,33). The maximum atomic E-state index is 13.2. The van der Waals surface area contributed by atoms with E-state index in [4.69, 9.17) is 0 Å². The zero-order valence-corrected chi connectivity index (χ0v) is 20.0. The SMILES string of the molecule is Cc1ccc(CN2CCC(CNC(=O)C(C)n3c4ccccc4c4cnn(C)c(=O)c43)C2)cc1. The number of carbonyl (C=O) groups excluding carboxylic acids is 1. The molecule has 1 amide bonds. The van der Waals surface area contributed by atoms with Crippen LogP contribution in [0.5, 0.6) is 0 Å². The van der Waals surface area contributed by atoms with Crippen molar-refractivity contribution in [2.75, 3.05) is 19.6 Å². The van der Waals surface area contributed by atoms with Crippen molar-refractivity contribution >= 4 is 27.7 Å². The molecule has 5 rings (SSSR count). The summed E-state index contributed by atoms with van der Waals surface area (Å²) in [6.45, 7) is 7.57. The lowest BCUT2D eigenvalue weighted by atomic mass is 10.1. The van der Waals surface area contributed by atoms with Crippen LogP contribution < -0.4 is 10.9 Å². The second-order valence-corrected chi connectivity index (χ2v) is 9.52. The summed E-state index contributed by atoms with van der Waals surface area (Å²) in [7, 11) is 1.64. The highest BCUT2D eigenvalue weighted by atomic mass is 16.2. The zero-order chi connectivity index (χ0) is 23.8. The Morgan fingerprint density at radius 1 is 1.15 bits per heavy atom. The van der Waals surface area contributed by atoms with E-state index < -0.39 is 6.04 Å². The van der Waals surface area contributed by atoms with E-state index in [9.17, 15) is 9.59 Å². The molecule has 2 aromatic heterocycles. The summed E-state index contributed by atoms with van der Waals surface area (Å²) in [5, 5.41) is 9.06. The molecule has 1 aliphatic rings. The number of nitrogens with zero attached hydrogens (tertiary/aromatic N) is 4. The van der Waals surface area contributed by atoms with Gasteiger partial charge in [-0.05, 0) is 44.4 Å². The van der Waals surface area contributed by atoms with Crippen LogP contribution in [-0.2, 0) is 18.4 Å². The van der Waals surface area contributed by atoms with Gasteiger partial charge in [0.15, 0.2) is 0 Å². The van der Waals surface area contributed by atoms with Crippen molar-refractivity contribution in [1.29, 1.82) is 0 Å². The zero-order valence-electron chi connectivity index (χ0n) is 20.0. The third-order valence-electron chi connectivity index (χ3n) is 7.03.